The molecule has 55 heavy (non-hydrogen) atoms. The molecular weight excluding hydrogens is 715 g/mol. The number of allylic oxidation sites excluding steroid dienone is 5. The van der Waals surface area contributed by atoms with Gasteiger partial charge in [-0.1, -0.05) is 198 Å². The molecule has 0 saturated carbocycles. The molecular formula is C45H83O9P. The van der Waals surface area contributed by atoms with Crippen molar-refractivity contribution in [2.75, 3.05) is 13.2 Å². The average Bonchev–Trinajstić information content (AvgIpc) is 3.13. The molecule has 1 unspecified atom stereocenters. The van der Waals surface area contributed by atoms with E-state index in [0.717, 1.165) is 63.7 Å². The number of esters is 2. The molecule has 0 saturated heterocycles. The quantitative estimate of drug-likeness (QED) is 0.0182. The number of aliphatic hydroxyl groups is 1. The highest BCUT2D eigenvalue weighted by molar-refractivity contribution is 7.46. The smallest absolute Gasteiger partial charge is 0.462 e. The van der Waals surface area contributed by atoms with E-state index in [-0.39, 0.29) is 19.4 Å². The van der Waals surface area contributed by atoms with E-state index in [1.165, 1.54) is 96.3 Å². The normalized spacial score (nSPS) is 13.4. The number of hydrogen-bond donors (Lipinski definition) is 3. The van der Waals surface area contributed by atoms with Crippen LogP contribution in [0, 0.1) is 5.92 Å². The van der Waals surface area contributed by atoms with Crippen molar-refractivity contribution in [2.45, 2.75) is 219 Å². The van der Waals surface area contributed by atoms with E-state index in [0.29, 0.717) is 19.3 Å². The third kappa shape index (κ3) is 43.2. The fraction of sp³-hybridized carbons (Fsp3) is 0.822. The van der Waals surface area contributed by atoms with Gasteiger partial charge in [-0.2, -0.15) is 0 Å². The first-order valence-electron chi connectivity index (χ1n) is 22.2. The number of aliphatic hydroxyl groups excluding tert-OH is 1. The molecule has 3 N–H and O–H groups in total. The minimum atomic E-state index is -4.78. The summed E-state index contributed by atoms with van der Waals surface area (Å²) in [6.07, 6.45) is 41.8. The number of ether oxygens (including phenoxy) is 2. The number of phosphoric acid groups is 1. The fourth-order valence-corrected chi connectivity index (χ4v) is 6.75. The van der Waals surface area contributed by atoms with Gasteiger partial charge in [0.05, 0.1) is 12.7 Å². The maximum absolute atomic E-state index is 12.4. The lowest BCUT2D eigenvalue weighted by Gasteiger charge is -2.18. The van der Waals surface area contributed by atoms with E-state index in [1.807, 2.05) is 18.2 Å². The molecule has 0 aromatic heterocycles. The Kier molecular flexibility index (Phi) is 37.8. The van der Waals surface area contributed by atoms with Crippen molar-refractivity contribution >= 4 is 19.8 Å². The standard InChI is InChI=1S/C45H83O9P/c1-4-5-6-7-20-25-30-35-42(46)36-31-26-23-28-32-37-44(47)52-39-43(40-53-55(49,50)51)54-45(48)38-33-27-22-19-17-15-13-11-9-8-10-12-14-16-18-21-24-29-34-41(2)3/h5-6,20,25,30,35,41-43,46H,4,7-19,21-24,26-29,31-34,36-40H2,1-3H3,(H2,49,50,51)/b6-5+,25-20+,35-30+/t42?,43-/m1/s1. The zero-order valence-corrected chi connectivity index (χ0v) is 36.2. The second-order valence-corrected chi connectivity index (χ2v) is 16.9. The van der Waals surface area contributed by atoms with Gasteiger partial charge in [-0.05, 0) is 38.0 Å². The van der Waals surface area contributed by atoms with Crippen LogP contribution in [-0.2, 0) is 28.2 Å². The van der Waals surface area contributed by atoms with Gasteiger partial charge in [0.2, 0.25) is 0 Å². The number of phosphoric ester groups is 1. The summed E-state index contributed by atoms with van der Waals surface area (Å²) in [7, 11) is -4.78. The van der Waals surface area contributed by atoms with Gasteiger partial charge in [-0.25, -0.2) is 4.57 Å². The van der Waals surface area contributed by atoms with E-state index in [9.17, 15) is 19.3 Å². The highest BCUT2D eigenvalue weighted by Crippen LogP contribution is 2.36. The van der Waals surface area contributed by atoms with Gasteiger partial charge in [0.15, 0.2) is 6.10 Å². The van der Waals surface area contributed by atoms with E-state index in [1.54, 1.807) is 6.08 Å². The van der Waals surface area contributed by atoms with Crippen LogP contribution in [0.2, 0.25) is 0 Å². The molecule has 0 bridgehead atoms. The Hall–Kier alpha value is -1.77. The Morgan fingerprint density at radius 3 is 1.51 bits per heavy atom. The molecule has 0 aliphatic heterocycles. The Balaban J connectivity index is 3.92. The first kappa shape index (κ1) is 53.2. The first-order chi connectivity index (χ1) is 26.5. The molecule has 10 heteroatoms. The third-order valence-corrected chi connectivity index (χ3v) is 10.2. The van der Waals surface area contributed by atoms with E-state index in [4.69, 9.17) is 19.3 Å². The molecule has 0 fully saturated rings. The van der Waals surface area contributed by atoms with Crippen molar-refractivity contribution in [3.05, 3.63) is 36.5 Å². The Morgan fingerprint density at radius 2 is 1.04 bits per heavy atom. The topological polar surface area (TPSA) is 140 Å². The van der Waals surface area contributed by atoms with E-state index in [2.05, 4.69) is 37.4 Å². The van der Waals surface area contributed by atoms with Crippen LogP contribution >= 0.6 is 7.82 Å². The van der Waals surface area contributed by atoms with Crippen LogP contribution in [0.3, 0.4) is 0 Å². The summed E-state index contributed by atoms with van der Waals surface area (Å²) < 4.78 is 26.4. The van der Waals surface area contributed by atoms with Crippen molar-refractivity contribution in [1.29, 1.82) is 0 Å². The molecule has 0 radical (unpaired) electrons. The van der Waals surface area contributed by atoms with E-state index >= 15 is 0 Å². The minimum absolute atomic E-state index is 0.194. The molecule has 0 aromatic carbocycles. The van der Waals surface area contributed by atoms with Gasteiger partial charge >= 0.3 is 19.8 Å². The summed E-state index contributed by atoms with van der Waals surface area (Å²) in [6.45, 7) is 5.85. The minimum Gasteiger partial charge on any atom is -0.462 e. The van der Waals surface area contributed by atoms with Gasteiger partial charge in [-0.15, -0.1) is 0 Å². The highest BCUT2D eigenvalue weighted by Gasteiger charge is 2.23. The molecule has 0 amide bonds. The Morgan fingerprint density at radius 1 is 0.582 bits per heavy atom. The Bertz CT molecular complexity index is 1020. The monoisotopic (exact) mass is 799 g/mol. The van der Waals surface area contributed by atoms with Gasteiger partial charge < -0.3 is 24.4 Å². The van der Waals surface area contributed by atoms with Crippen LogP contribution in [0.5, 0.6) is 0 Å². The zero-order valence-electron chi connectivity index (χ0n) is 35.4. The number of carbonyl (C=O) groups is 2. The molecule has 0 aliphatic carbocycles. The third-order valence-electron chi connectivity index (χ3n) is 9.71. The van der Waals surface area contributed by atoms with Gasteiger partial charge in [0, 0.05) is 12.8 Å². The molecule has 0 heterocycles. The summed E-state index contributed by atoms with van der Waals surface area (Å²) in [4.78, 5) is 42.9. The molecule has 0 spiro atoms. The first-order valence-corrected chi connectivity index (χ1v) is 23.8. The van der Waals surface area contributed by atoms with E-state index < -0.39 is 38.6 Å². The van der Waals surface area contributed by atoms with Crippen LogP contribution in [0.1, 0.15) is 207 Å². The van der Waals surface area contributed by atoms with Crippen LogP contribution in [-0.4, -0.2) is 52.3 Å². The number of unbranched alkanes of at least 4 members (excludes halogenated alkanes) is 21. The van der Waals surface area contributed by atoms with Crippen molar-refractivity contribution in [2.24, 2.45) is 5.92 Å². The summed E-state index contributed by atoms with van der Waals surface area (Å²) in [5, 5.41) is 10.1. The summed E-state index contributed by atoms with van der Waals surface area (Å²) in [6, 6.07) is 0. The van der Waals surface area contributed by atoms with Crippen LogP contribution in [0.25, 0.3) is 0 Å². The lowest BCUT2D eigenvalue weighted by molar-refractivity contribution is -0.161. The van der Waals surface area contributed by atoms with Crippen molar-refractivity contribution in [3.8, 4) is 0 Å². The summed E-state index contributed by atoms with van der Waals surface area (Å²) in [5.74, 6) is -0.111. The van der Waals surface area contributed by atoms with Crippen molar-refractivity contribution in [1.82, 2.24) is 0 Å². The summed E-state index contributed by atoms with van der Waals surface area (Å²) in [5.41, 5.74) is 0. The van der Waals surface area contributed by atoms with Crippen LogP contribution < -0.4 is 0 Å². The van der Waals surface area contributed by atoms with Gasteiger partial charge in [-0.3, -0.25) is 14.1 Å². The predicted molar refractivity (Wildman–Crippen MR) is 227 cm³/mol. The summed E-state index contributed by atoms with van der Waals surface area (Å²) >= 11 is 0. The molecule has 0 aliphatic rings. The van der Waals surface area contributed by atoms with Gasteiger partial charge in [0.25, 0.3) is 0 Å². The predicted octanol–water partition coefficient (Wildman–Crippen LogP) is 12.6. The molecule has 0 rings (SSSR count). The van der Waals surface area contributed by atoms with Crippen LogP contribution in [0.15, 0.2) is 36.5 Å². The van der Waals surface area contributed by atoms with Crippen molar-refractivity contribution < 1.29 is 43.0 Å². The SMILES string of the molecule is CC/C=C/C/C=C/C=C/C(O)CCCCCCCC(=O)OC[C@H](COP(=O)(O)O)OC(=O)CCCCCCCCCCCCCCCCCCCCC(C)C. The molecule has 0 aromatic rings. The van der Waals surface area contributed by atoms with Crippen LogP contribution in [0.4, 0.5) is 0 Å². The lowest BCUT2D eigenvalue weighted by Crippen LogP contribution is -2.29. The maximum Gasteiger partial charge on any atom is 0.469 e. The molecule has 2 atom stereocenters. The maximum atomic E-state index is 12.4. The molecule has 322 valence electrons. The fourth-order valence-electron chi connectivity index (χ4n) is 6.39. The van der Waals surface area contributed by atoms with Crippen molar-refractivity contribution in [3.63, 3.8) is 0 Å². The second-order valence-electron chi connectivity index (χ2n) is 15.7. The van der Waals surface area contributed by atoms with Gasteiger partial charge in [0.1, 0.15) is 6.61 Å². The highest BCUT2D eigenvalue weighted by atomic mass is 31.2. The lowest BCUT2D eigenvalue weighted by atomic mass is 10.0. The number of carbonyl (C=O) groups excluding carboxylic acids is 2. The molecule has 9 nitrogen and oxygen atoms in total. The number of rotatable bonds is 40. The second kappa shape index (κ2) is 39.1. The Labute approximate surface area is 336 Å². The zero-order chi connectivity index (χ0) is 40.7. The average molecular weight is 799 g/mol. The largest absolute Gasteiger partial charge is 0.469 e. The number of hydrogen-bond acceptors (Lipinski definition) is 7.